The van der Waals surface area contributed by atoms with Gasteiger partial charge in [-0.25, -0.2) is 9.78 Å². The zero-order chi connectivity index (χ0) is 24.5. The molecule has 0 saturated heterocycles. The van der Waals surface area contributed by atoms with Crippen LogP contribution in [0.2, 0.25) is 0 Å². The highest BCUT2D eigenvalue weighted by molar-refractivity contribution is 7.22. The number of hydrogen-bond donors (Lipinski definition) is 0. The summed E-state index contributed by atoms with van der Waals surface area (Å²) in [7, 11) is 3.87. The van der Waals surface area contributed by atoms with Gasteiger partial charge in [-0.3, -0.25) is 9.69 Å². The molecular formula is C27H25N3O4S. The van der Waals surface area contributed by atoms with E-state index in [-0.39, 0.29) is 5.56 Å². The van der Waals surface area contributed by atoms with Crippen LogP contribution in [0.5, 0.6) is 5.75 Å². The van der Waals surface area contributed by atoms with E-state index in [1.165, 1.54) is 11.3 Å². The highest BCUT2D eigenvalue weighted by Gasteiger charge is 2.25. The van der Waals surface area contributed by atoms with Crippen LogP contribution < -0.4 is 15.3 Å². The van der Waals surface area contributed by atoms with E-state index in [0.717, 1.165) is 32.1 Å². The third-order valence-corrected chi connectivity index (χ3v) is 6.82. The summed E-state index contributed by atoms with van der Waals surface area (Å²) < 4.78 is 12.1. The van der Waals surface area contributed by atoms with Gasteiger partial charge in [0.2, 0.25) is 0 Å². The fraction of sp³-hybridized carbons (Fsp3) is 0.222. The molecule has 5 rings (SSSR count). The van der Waals surface area contributed by atoms with Crippen LogP contribution in [-0.2, 0) is 0 Å². The number of aromatic nitrogens is 1. The van der Waals surface area contributed by atoms with Gasteiger partial charge < -0.3 is 14.1 Å². The van der Waals surface area contributed by atoms with Gasteiger partial charge in [0.25, 0.3) is 5.91 Å². The first-order valence-electron chi connectivity index (χ1n) is 11.4. The van der Waals surface area contributed by atoms with Gasteiger partial charge in [0.15, 0.2) is 5.13 Å². The Morgan fingerprint density at radius 3 is 2.66 bits per heavy atom. The minimum atomic E-state index is -0.660. The molecule has 0 saturated carbocycles. The quantitative estimate of drug-likeness (QED) is 0.233. The summed E-state index contributed by atoms with van der Waals surface area (Å²) >= 11 is 1.39. The number of hydrogen-bond acceptors (Lipinski definition) is 7. The second-order valence-corrected chi connectivity index (χ2v) is 9.47. The normalized spacial score (nSPS) is 11.5. The predicted octanol–water partition coefficient (Wildman–Crippen LogP) is 5.16. The molecule has 0 aliphatic carbocycles. The number of fused-ring (bicyclic) bond motifs is 4. The molecule has 2 heterocycles. The lowest BCUT2D eigenvalue weighted by Crippen LogP contribution is -2.38. The van der Waals surface area contributed by atoms with Crippen molar-refractivity contribution in [2.24, 2.45) is 0 Å². The standard InChI is InChI=1S/C27H25N3O4S/c1-4-33-18-10-11-22-24(15-18)35-27(28-22)30(14-13-29(2)3)25(31)21-16-20-19-8-6-5-7-17(19)9-12-23(20)34-26(21)32/h5-12,15-16H,4,13-14H2,1-3H3. The summed E-state index contributed by atoms with van der Waals surface area (Å²) in [5, 5.41) is 3.18. The lowest BCUT2D eigenvalue weighted by atomic mass is 10.0. The van der Waals surface area contributed by atoms with Crippen LogP contribution in [-0.4, -0.2) is 49.6 Å². The smallest absolute Gasteiger partial charge is 0.349 e. The van der Waals surface area contributed by atoms with E-state index >= 15 is 0 Å². The number of thiazole rings is 1. The number of amides is 1. The minimum absolute atomic E-state index is 0.0122. The Morgan fingerprint density at radius 1 is 1.03 bits per heavy atom. The highest BCUT2D eigenvalue weighted by atomic mass is 32.1. The van der Waals surface area contributed by atoms with Crippen LogP contribution in [0.4, 0.5) is 5.13 Å². The predicted molar refractivity (Wildman–Crippen MR) is 141 cm³/mol. The van der Waals surface area contributed by atoms with Gasteiger partial charge in [0.05, 0.1) is 16.8 Å². The van der Waals surface area contributed by atoms with Crippen molar-refractivity contribution in [3.05, 3.63) is 76.6 Å². The first-order valence-corrected chi connectivity index (χ1v) is 12.2. The molecule has 5 aromatic rings. The summed E-state index contributed by atoms with van der Waals surface area (Å²) in [6.45, 7) is 3.48. The Morgan fingerprint density at radius 2 is 1.86 bits per heavy atom. The molecular weight excluding hydrogens is 462 g/mol. The highest BCUT2D eigenvalue weighted by Crippen LogP contribution is 2.32. The minimum Gasteiger partial charge on any atom is -0.494 e. The third kappa shape index (κ3) is 4.50. The lowest BCUT2D eigenvalue weighted by molar-refractivity contribution is 0.0982. The summed E-state index contributed by atoms with van der Waals surface area (Å²) in [5.74, 6) is 0.322. The van der Waals surface area contributed by atoms with Crippen molar-refractivity contribution in [2.45, 2.75) is 6.92 Å². The molecule has 35 heavy (non-hydrogen) atoms. The molecule has 7 nitrogen and oxygen atoms in total. The van der Waals surface area contributed by atoms with Crippen LogP contribution in [0.25, 0.3) is 32.0 Å². The van der Waals surface area contributed by atoms with Crippen LogP contribution >= 0.6 is 11.3 Å². The molecule has 0 spiro atoms. The molecule has 0 atom stereocenters. The third-order valence-electron chi connectivity index (χ3n) is 5.78. The van der Waals surface area contributed by atoms with Gasteiger partial charge >= 0.3 is 5.63 Å². The van der Waals surface area contributed by atoms with Crippen LogP contribution in [0, 0.1) is 0 Å². The number of anilines is 1. The number of benzene rings is 3. The van der Waals surface area contributed by atoms with E-state index < -0.39 is 11.5 Å². The first-order chi connectivity index (χ1) is 16.9. The molecule has 0 unspecified atom stereocenters. The topological polar surface area (TPSA) is 75.9 Å². The zero-order valence-corrected chi connectivity index (χ0v) is 20.6. The SMILES string of the molecule is CCOc1ccc2nc(N(CCN(C)C)C(=O)c3cc4c(ccc5ccccc54)oc3=O)sc2c1. The van der Waals surface area contributed by atoms with E-state index in [0.29, 0.717) is 30.4 Å². The molecule has 3 aromatic carbocycles. The molecule has 0 radical (unpaired) electrons. The molecule has 0 aliphatic heterocycles. The van der Waals surface area contributed by atoms with E-state index in [4.69, 9.17) is 14.1 Å². The average molecular weight is 488 g/mol. The summed E-state index contributed by atoms with van der Waals surface area (Å²) in [6.07, 6.45) is 0. The maximum atomic E-state index is 13.8. The molecule has 178 valence electrons. The van der Waals surface area contributed by atoms with Crippen molar-refractivity contribution in [3.63, 3.8) is 0 Å². The molecule has 8 heteroatoms. The number of ether oxygens (including phenoxy) is 1. The van der Waals surface area contributed by atoms with E-state index in [9.17, 15) is 9.59 Å². The Hall–Kier alpha value is -3.75. The van der Waals surface area contributed by atoms with Crippen LogP contribution in [0.1, 0.15) is 17.3 Å². The van der Waals surface area contributed by atoms with Crippen molar-refractivity contribution < 1.29 is 13.9 Å². The van der Waals surface area contributed by atoms with Gasteiger partial charge in [-0.05, 0) is 62.1 Å². The number of nitrogens with zero attached hydrogens (tertiary/aromatic N) is 3. The second-order valence-electron chi connectivity index (χ2n) is 8.47. The van der Waals surface area contributed by atoms with Crippen molar-refractivity contribution in [2.75, 3.05) is 38.7 Å². The number of carbonyl (C=O) groups is 1. The Kier molecular flexibility index (Phi) is 6.23. The number of carbonyl (C=O) groups excluding carboxylic acids is 1. The Bertz CT molecular complexity index is 1610. The van der Waals surface area contributed by atoms with Gasteiger partial charge in [-0.2, -0.15) is 0 Å². The largest absolute Gasteiger partial charge is 0.494 e. The summed E-state index contributed by atoms with van der Waals surface area (Å²) in [6, 6.07) is 18.8. The van der Waals surface area contributed by atoms with Crippen molar-refractivity contribution in [3.8, 4) is 5.75 Å². The van der Waals surface area contributed by atoms with Crippen molar-refractivity contribution in [1.29, 1.82) is 0 Å². The molecule has 0 N–H and O–H groups in total. The van der Waals surface area contributed by atoms with E-state index in [2.05, 4.69) is 0 Å². The average Bonchev–Trinajstić information content (AvgIpc) is 3.26. The summed E-state index contributed by atoms with van der Waals surface area (Å²) in [4.78, 5) is 35.0. The van der Waals surface area contributed by atoms with Gasteiger partial charge in [0.1, 0.15) is 16.9 Å². The maximum absolute atomic E-state index is 13.8. The first kappa shape index (κ1) is 23.0. The molecule has 2 aromatic heterocycles. The number of rotatable bonds is 7. The molecule has 1 amide bonds. The van der Waals surface area contributed by atoms with E-state index in [1.54, 1.807) is 17.0 Å². The van der Waals surface area contributed by atoms with Crippen LogP contribution in [0.15, 0.2) is 69.9 Å². The Labute approximate surface area is 206 Å². The summed E-state index contributed by atoms with van der Waals surface area (Å²) in [5.41, 5.74) is 0.551. The van der Waals surface area contributed by atoms with Crippen LogP contribution in [0.3, 0.4) is 0 Å². The zero-order valence-electron chi connectivity index (χ0n) is 19.8. The molecule has 0 fully saturated rings. The number of likely N-dealkylation sites (N-methyl/N-ethyl adjacent to an activating group) is 1. The monoisotopic (exact) mass is 487 g/mol. The maximum Gasteiger partial charge on any atom is 0.349 e. The van der Waals surface area contributed by atoms with Gasteiger partial charge in [-0.1, -0.05) is 41.7 Å². The molecule has 0 bridgehead atoms. The second kappa shape index (κ2) is 9.48. The lowest BCUT2D eigenvalue weighted by Gasteiger charge is -2.21. The fourth-order valence-corrected chi connectivity index (χ4v) is 5.03. The van der Waals surface area contributed by atoms with Crippen molar-refractivity contribution >= 4 is 54.3 Å². The fourth-order valence-electron chi connectivity index (χ4n) is 4.01. The van der Waals surface area contributed by atoms with Gasteiger partial charge in [0, 0.05) is 18.5 Å². The van der Waals surface area contributed by atoms with Crippen molar-refractivity contribution in [1.82, 2.24) is 9.88 Å². The van der Waals surface area contributed by atoms with Gasteiger partial charge in [-0.15, -0.1) is 0 Å². The Balaban J connectivity index is 1.61. The molecule has 0 aliphatic rings. The van der Waals surface area contributed by atoms with E-state index in [1.807, 2.05) is 74.4 Å².